The van der Waals surface area contributed by atoms with Crippen molar-refractivity contribution in [3.63, 3.8) is 0 Å². The molecule has 0 N–H and O–H groups in total. The molecule has 164 valence electrons. The summed E-state index contributed by atoms with van der Waals surface area (Å²) in [5.74, 6) is 0.978. The van der Waals surface area contributed by atoms with E-state index in [0.29, 0.717) is 24.8 Å². The van der Waals surface area contributed by atoms with Crippen molar-refractivity contribution in [1.29, 1.82) is 0 Å². The maximum Gasteiger partial charge on any atom is 0.246 e. The molecule has 0 atom stereocenters. The number of nitrogens with zero attached hydrogens (tertiary/aromatic N) is 2. The summed E-state index contributed by atoms with van der Waals surface area (Å²) in [6, 6.07) is 14.0. The molecule has 0 radical (unpaired) electrons. The number of benzene rings is 2. The van der Waals surface area contributed by atoms with Crippen molar-refractivity contribution in [2.24, 2.45) is 5.92 Å². The fraction of sp³-hybridized carbons (Fsp3) is 0.478. The lowest BCUT2D eigenvalue weighted by molar-refractivity contribution is 0.171. The highest BCUT2D eigenvalue weighted by Gasteiger charge is 2.32. The van der Waals surface area contributed by atoms with Gasteiger partial charge in [0.25, 0.3) is 0 Å². The Morgan fingerprint density at radius 3 is 2.43 bits per heavy atom. The molecule has 5 nitrogen and oxygen atoms in total. The topological polar surface area (TPSA) is 49.9 Å². The molecule has 2 aliphatic heterocycles. The normalized spacial score (nSPS) is 18.5. The van der Waals surface area contributed by atoms with Crippen LogP contribution in [0.4, 0.5) is 0 Å². The van der Waals surface area contributed by atoms with Crippen LogP contribution < -0.4 is 4.74 Å². The van der Waals surface area contributed by atoms with Gasteiger partial charge in [0, 0.05) is 32.7 Å². The number of aryl methyl sites for hydroxylation is 1. The molecule has 0 saturated carbocycles. The molecule has 0 amide bonds. The Morgan fingerprint density at radius 1 is 1.03 bits per heavy atom. The lowest BCUT2D eigenvalue weighted by atomic mass is 9.94. The van der Waals surface area contributed by atoms with Crippen LogP contribution in [0.1, 0.15) is 29.5 Å². The first-order chi connectivity index (χ1) is 14.0. The Hall–Kier alpha value is -1.60. The first-order valence-electron chi connectivity index (χ1n) is 10.4. The maximum atomic E-state index is 13.1. The highest BCUT2D eigenvalue weighted by Crippen LogP contribution is 2.31. The monoisotopic (exact) mass is 450 g/mol. The number of sulfonamides is 1. The van der Waals surface area contributed by atoms with Gasteiger partial charge in [0.15, 0.2) is 0 Å². The van der Waals surface area contributed by atoms with E-state index in [9.17, 15) is 8.42 Å². The highest BCUT2D eigenvalue weighted by atomic mass is 35.5. The molecule has 0 aromatic heterocycles. The minimum atomic E-state index is -3.52. The first-order valence-corrected chi connectivity index (χ1v) is 11.9. The molecular weight excluding hydrogens is 420 g/mol. The van der Waals surface area contributed by atoms with Crippen molar-refractivity contribution < 1.29 is 13.2 Å². The van der Waals surface area contributed by atoms with E-state index in [4.69, 9.17) is 4.74 Å². The van der Waals surface area contributed by atoms with Crippen LogP contribution in [-0.2, 0) is 23.0 Å². The second-order valence-electron chi connectivity index (χ2n) is 8.26. The van der Waals surface area contributed by atoms with Crippen LogP contribution >= 0.6 is 12.4 Å². The Labute approximate surface area is 186 Å². The van der Waals surface area contributed by atoms with Crippen molar-refractivity contribution in [1.82, 2.24) is 9.21 Å². The van der Waals surface area contributed by atoms with Crippen LogP contribution in [0.25, 0.3) is 0 Å². The summed E-state index contributed by atoms with van der Waals surface area (Å²) in [7, 11) is -2.00. The lowest BCUT2D eigenvalue weighted by Gasteiger charge is -2.36. The molecule has 0 unspecified atom stereocenters. The first kappa shape index (κ1) is 23.1. The largest absolute Gasteiger partial charge is 0.495 e. The van der Waals surface area contributed by atoms with E-state index < -0.39 is 10.0 Å². The highest BCUT2D eigenvalue weighted by molar-refractivity contribution is 7.89. The molecule has 2 aromatic rings. The quantitative estimate of drug-likeness (QED) is 0.693. The van der Waals surface area contributed by atoms with Crippen molar-refractivity contribution >= 4 is 22.4 Å². The Bertz CT molecular complexity index is 972. The Morgan fingerprint density at radius 2 is 1.73 bits per heavy atom. The average Bonchev–Trinajstić information content (AvgIpc) is 2.73. The summed E-state index contributed by atoms with van der Waals surface area (Å²) in [6.45, 7) is 6.24. The lowest BCUT2D eigenvalue weighted by Crippen LogP contribution is -2.42. The number of hydrogen-bond donors (Lipinski definition) is 0. The van der Waals surface area contributed by atoms with E-state index in [2.05, 4.69) is 29.2 Å². The summed E-state index contributed by atoms with van der Waals surface area (Å²) < 4.78 is 33.3. The van der Waals surface area contributed by atoms with E-state index >= 15 is 0 Å². The Balaban J connectivity index is 0.00000256. The van der Waals surface area contributed by atoms with Crippen LogP contribution in [0.5, 0.6) is 5.75 Å². The van der Waals surface area contributed by atoms with Crippen LogP contribution in [0.2, 0.25) is 0 Å². The zero-order valence-electron chi connectivity index (χ0n) is 17.7. The third-order valence-corrected chi connectivity index (χ3v) is 8.17. The maximum absolute atomic E-state index is 13.1. The van der Waals surface area contributed by atoms with Crippen LogP contribution in [0.15, 0.2) is 47.4 Å². The minimum absolute atomic E-state index is 0. The molecule has 7 heteroatoms. The second kappa shape index (κ2) is 9.69. The zero-order chi connectivity index (χ0) is 20.4. The molecule has 0 bridgehead atoms. The number of hydrogen-bond acceptors (Lipinski definition) is 4. The van der Waals surface area contributed by atoms with Crippen LogP contribution in [0.3, 0.4) is 0 Å². The fourth-order valence-electron chi connectivity index (χ4n) is 4.53. The van der Waals surface area contributed by atoms with E-state index in [1.807, 2.05) is 13.0 Å². The van der Waals surface area contributed by atoms with Gasteiger partial charge in [-0.15, -0.1) is 12.4 Å². The van der Waals surface area contributed by atoms with Crippen molar-refractivity contribution in [3.8, 4) is 5.75 Å². The van der Waals surface area contributed by atoms with E-state index in [1.165, 1.54) is 18.2 Å². The molecule has 2 heterocycles. The minimum Gasteiger partial charge on any atom is -0.495 e. The van der Waals surface area contributed by atoms with Gasteiger partial charge in [-0.05, 0) is 60.9 Å². The zero-order valence-corrected chi connectivity index (χ0v) is 19.3. The number of halogens is 1. The van der Waals surface area contributed by atoms with Gasteiger partial charge in [-0.1, -0.05) is 30.3 Å². The Kier molecular flexibility index (Phi) is 7.45. The van der Waals surface area contributed by atoms with Gasteiger partial charge in [0.1, 0.15) is 10.6 Å². The molecule has 0 aliphatic carbocycles. The van der Waals surface area contributed by atoms with Gasteiger partial charge in [0.2, 0.25) is 10.0 Å². The van der Waals surface area contributed by atoms with Crippen LogP contribution in [0, 0.1) is 12.8 Å². The number of ether oxygens (including phenoxy) is 1. The van der Waals surface area contributed by atoms with Gasteiger partial charge in [-0.3, -0.25) is 4.90 Å². The molecule has 4 rings (SSSR count). The predicted octanol–water partition coefficient (Wildman–Crippen LogP) is 3.88. The number of piperidine rings is 1. The van der Waals surface area contributed by atoms with Gasteiger partial charge >= 0.3 is 0 Å². The van der Waals surface area contributed by atoms with E-state index in [0.717, 1.165) is 44.5 Å². The molecule has 2 aromatic carbocycles. The summed E-state index contributed by atoms with van der Waals surface area (Å²) in [5, 5.41) is 0. The summed E-state index contributed by atoms with van der Waals surface area (Å²) >= 11 is 0. The van der Waals surface area contributed by atoms with Gasteiger partial charge in [0.05, 0.1) is 7.11 Å². The van der Waals surface area contributed by atoms with Crippen LogP contribution in [-0.4, -0.2) is 50.9 Å². The average molecular weight is 451 g/mol. The number of rotatable bonds is 5. The molecule has 0 spiro atoms. The van der Waals surface area contributed by atoms with Crippen molar-refractivity contribution in [3.05, 3.63) is 59.2 Å². The third-order valence-electron chi connectivity index (χ3n) is 6.24. The van der Waals surface area contributed by atoms with Gasteiger partial charge < -0.3 is 4.74 Å². The van der Waals surface area contributed by atoms with Gasteiger partial charge in [-0.25, -0.2) is 8.42 Å². The number of methoxy groups -OCH3 is 1. The predicted molar refractivity (Wildman–Crippen MR) is 122 cm³/mol. The standard InChI is InChI=1S/C23H30N2O3S.ClH/c1-18-7-8-23(22(15-18)28-2)29(26,27)25-13-9-19(10-14-25)16-24-12-11-20-5-3-4-6-21(20)17-24;/h3-8,15,19H,9-14,16-17H2,1-2H3;1H. The smallest absolute Gasteiger partial charge is 0.246 e. The summed E-state index contributed by atoms with van der Waals surface area (Å²) in [4.78, 5) is 2.80. The summed E-state index contributed by atoms with van der Waals surface area (Å²) in [6.07, 6.45) is 2.92. The SMILES string of the molecule is COc1cc(C)ccc1S(=O)(=O)N1CCC(CN2CCc3ccccc3C2)CC1.Cl. The van der Waals surface area contributed by atoms with Crippen molar-refractivity contribution in [2.45, 2.75) is 37.6 Å². The molecule has 30 heavy (non-hydrogen) atoms. The molecule has 2 aliphatic rings. The van der Waals surface area contributed by atoms with Gasteiger partial charge in [-0.2, -0.15) is 4.31 Å². The molecular formula is C23H31ClN2O3S. The van der Waals surface area contributed by atoms with Crippen molar-refractivity contribution in [2.75, 3.05) is 33.3 Å². The summed E-state index contributed by atoms with van der Waals surface area (Å²) in [5.41, 5.74) is 3.89. The second-order valence-corrected chi connectivity index (χ2v) is 10.2. The molecule has 1 fully saturated rings. The van der Waals surface area contributed by atoms with E-state index in [1.54, 1.807) is 16.4 Å². The fourth-order valence-corrected chi connectivity index (χ4v) is 6.14. The number of fused-ring (bicyclic) bond motifs is 1. The van der Waals surface area contributed by atoms with E-state index in [-0.39, 0.29) is 17.3 Å². The molecule has 1 saturated heterocycles. The third kappa shape index (κ3) is 4.83.